The van der Waals surface area contributed by atoms with Crippen molar-refractivity contribution >= 4 is 8.32 Å². The fraction of sp³-hybridized carbons (Fsp3) is 1.00. The predicted molar refractivity (Wildman–Crippen MR) is 60.5 cm³/mol. The van der Waals surface area contributed by atoms with Crippen molar-refractivity contribution in [2.45, 2.75) is 64.8 Å². The average Bonchev–Trinajstić information content (AvgIpc) is 2.33. The quantitative estimate of drug-likeness (QED) is 0.627. The van der Waals surface area contributed by atoms with Gasteiger partial charge in [0.05, 0.1) is 0 Å². The highest BCUT2D eigenvalue weighted by Gasteiger charge is 2.28. The first kappa shape index (κ1) is 11.3. The summed E-state index contributed by atoms with van der Waals surface area (Å²) in [5.74, 6) is 0.964. The molecule has 0 aliphatic heterocycles. The van der Waals surface area contributed by atoms with Gasteiger partial charge in [-0.15, -0.1) is 0 Å². The smallest absolute Gasteiger partial charge is 0.184 e. The second-order valence-corrected chi connectivity index (χ2v) is 9.78. The molecule has 1 saturated carbocycles. The van der Waals surface area contributed by atoms with Crippen LogP contribution in [0, 0.1) is 5.92 Å². The van der Waals surface area contributed by atoms with Crippen molar-refractivity contribution < 1.29 is 4.43 Å². The van der Waals surface area contributed by atoms with Gasteiger partial charge in [0.15, 0.2) is 8.32 Å². The molecule has 1 fully saturated rings. The summed E-state index contributed by atoms with van der Waals surface area (Å²) in [4.78, 5) is 0. The lowest BCUT2D eigenvalue weighted by Gasteiger charge is -2.23. The predicted octanol–water partition coefficient (Wildman–Crippen LogP) is 3.81. The zero-order valence-corrected chi connectivity index (χ0v) is 10.6. The van der Waals surface area contributed by atoms with Crippen LogP contribution in [-0.4, -0.2) is 14.4 Å². The van der Waals surface area contributed by atoms with Gasteiger partial charge in [0.1, 0.15) is 0 Å². The Balaban J connectivity index is 2.25. The molecule has 0 saturated heterocycles. The van der Waals surface area contributed by atoms with E-state index in [-0.39, 0.29) is 0 Å². The minimum absolute atomic E-state index is 0.600. The van der Waals surface area contributed by atoms with E-state index in [0.717, 1.165) is 5.92 Å². The number of hydrogen-bond acceptors (Lipinski definition) is 1. The van der Waals surface area contributed by atoms with Gasteiger partial charge < -0.3 is 4.43 Å². The number of hydrogen-bond donors (Lipinski definition) is 0. The molecule has 0 radical (unpaired) electrons. The van der Waals surface area contributed by atoms with Crippen LogP contribution in [0.1, 0.15) is 39.0 Å². The molecule has 1 aliphatic carbocycles. The van der Waals surface area contributed by atoms with E-state index in [1.54, 1.807) is 0 Å². The maximum atomic E-state index is 6.11. The second kappa shape index (κ2) is 4.60. The molecule has 1 aliphatic rings. The van der Waals surface area contributed by atoms with Crippen molar-refractivity contribution in [3.05, 3.63) is 0 Å². The van der Waals surface area contributed by atoms with Crippen LogP contribution in [0.3, 0.4) is 0 Å². The van der Waals surface area contributed by atoms with Crippen LogP contribution in [0.5, 0.6) is 0 Å². The van der Waals surface area contributed by atoms with Crippen molar-refractivity contribution in [1.29, 1.82) is 0 Å². The van der Waals surface area contributed by atoms with Crippen LogP contribution < -0.4 is 0 Å². The largest absolute Gasteiger partial charge is 0.415 e. The Hall–Kier alpha value is 0.177. The Labute approximate surface area is 84.0 Å². The monoisotopic (exact) mass is 200 g/mol. The third kappa shape index (κ3) is 4.27. The van der Waals surface area contributed by atoms with Gasteiger partial charge in [0.2, 0.25) is 0 Å². The van der Waals surface area contributed by atoms with E-state index in [0.29, 0.717) is 6.10 Å². The van der Waals surface area contributed by atoms with E-state index in [9.17, 15) is 0 Å². The van der Waals surface area contributed by atoms with Gasteiger partial charge in [-0.2, -0.15) is 0 Å². The van der Waals surface area contributed by atoms with Crippen LogP contribution in [0.2, 0.25) is 19.6 Å². The average molecular weight is 200 g/mol. The van der Waals surface area contributed by atoms with Crippen molar-refractivity contribution in [2.75, 3.05) is 0 Å². The molecule has 1 nitrogen and oxygen atoms in total. The van der Waals surface area contributed by atoms with Gasteiger partial charge in [-0.05, 0) is 44.8 Å². The summed E-state index contributed by atoms with van der Waals surface area (Å²) in [6, 6.07) is 0. The van der Waals surface area contributed by atoms with E-state index in [1.165, 1.54) is 32.1 Å². The highest BCUT2D eigenvalue weighted by molar-refractivity contribution is 6.69. The van der Waals surface area contributed by atoms with Gasteiger partial charge in [0, 0.05) is 6.10 Å². The van der Waals surface area contributed by atoms with E-state index in [2.05, 4.69) is 26.6 Å². The maximum Gasteiger partial charge on any atom is 0.184 e. The zero-order valence-electron chi connectivity index (χ0n) is 9.60. The van der Waals surface area contributed by atoms with Crippen LogP contribution in [0.25, 0.3) is 0 Å². The van der Waals surface area contributed by atoms with Crippen LogP contribution in [0.4, 0.5) is 0 Å². The first-order chi connectivity index (χ1) is 6.01. The Morgan fingerprint density at radius 1 is 1.23 bits per heavy atom. The molecule has 78 valence electrons. The minimum Gasteiger partial charge on any atom is -0.415 e. The highest BCUT2D eigenvalue weighted by Crippen LogP contribution is 2.32. The van der Waals surface area contributed by atoms with Gasteiger partial charge in [-0.3, -0.25) is 0 Å². The molecule has 0 amide bonds. The molecule has 2 unspecified atom stereocenters. The molecule has 0 aromatic heterocycles. The third-order valence-corrected chi connectivity index (χ3v) is 3.75. The van der Waals surface area contributed by atoms with Gasteiger partial charge in [0.25, 0.3) is 0 Å². The van der Waals surface area contributed by atoms with E-state index in [1.807, 2.05) is 0 Å². The summed E-state index contributed by atoms with van der Waals surface area (Å²) in [5, 5.41) is 0. The SMILES string of the molecule is CCCC1CCC(O[Si](C)(C)C)C1. The molecule has 0 spiro atoms. The summed E-state index contributed by atoms with van der Waals surface area (Å²) in [5.41, 5.74) is 0. The summed E-state index contributed by atoms with van der Waals surface area (Å²) < 4.78 is 6.11. The van der Waals surface area contributed by atoms with Gasteiger partial charge in [-0.1, -0.05) is 19.8 Å². The molecule has 0 aromatic carbocycles. The van der Waals surface area contributed by atoms with Crippen LogP contribution >= 0.6 is 0 Å². The summed E-state index contributed by atoms with van der Waals surface area (Å²) in [6.07, 6.45) is 7.40. The molecule has 0 heterocycles. The second-order valence-electron chi connectivity index (χ2n) is 5.32. The van der Waals surface area contributed by atoms with Crippen molar-refractivity contribution in [3.8, 4) is 0 Å². The Morgan fingerprint density at radius 2 is 1.92 bits per heavy atom. The molecular weight excluding hydrogens is 176 g/mol. The Morgan fingerprint density at radius 3 is 2.46 bits per heavy atom. The van der Waals surface area contributed by atoms with E-state index in [4.69, 9.17) is 4.43 Å². The Bertz CT molecular complexity index is 151. The fourth-order valence-corrected chi connectivity index (χ4v) is 3.52. The maximum absolute atomic E-state index is 6.11. The lowest BCUT2D eigenvalue weighted by atomic mass is 10.0. The molecule has 13 heavy (non-hydrogen) atoms. The highest BCUT2D eigenvalue weighted by atomic mass is 28.4. The lowest BCUT2D eigenvalue weighted by molar-refractivity contribution is 0.196. The van der Waals surface area contributed by atoms with Crippen molar-refractivity contribution in [2.24, 2.45) is 5.92 Å². The van der Waals surface area contributed by atoms with Crippen molar-refractivity contribution in [1.82, 2.24) is 0 Å². The fourth-order valence-electron chi connectivity index (χ4n) is 2.31. The molecule has 2 heteroatoms. The third-order valence-electron chi connectivity index (χ3n) is 2.71. The lowest BCUT2D eigenvalue weighted by Crippen LogP contribution is -2.30. The summed E-state index contributed by atoms with van der Waals surface area (Å²) >= 11 is 0. The first-order valence-electron chi connectivity index (χ1n) is 5.69. The molecule has 0 bridgehead atoms. The Kier molecular flexibility index (Phi) is 3.99. The minimum atomic E-state index is -1.27. The molecular formula is C11H24OSi. The van der Waals surface area contributed by atoms with Gasteiger partial charge in [-0.25, -0.2) is 0 Å². The first-order valence-corrected chi connectivity index (χ1v) is 9.10. The van der Waals surface area contributed by atoms with Gasteiger partial charge >= 0.3 is 0 Å². The number of rotatable bonds is 4. The molecule has 1 rings (SSSR count). The zero-order chi connectivity index (χ0) is 9.90. The summed E-state index contributed by atoms with van der Waals surface area (Å²) in [6.45, 7) is 9.16. The topological polar surface area (TPSA) is 9.23 Å². The normalized spacial score (nSPS) is 29.5. The van der Waals surface area contributed by atoms with Crippen molar-refractivity contribution in [3.63, 3.8) is 0 Å². The van der Waals surface area contributed by atoms with E-state index >= 15 is 0 Å². The molecule has 0 N–H and O–H groups in total. The standard InChI is InChI=1S/C11H24OSi/c1-5-6-10-7-8-11(9-10)12-13(2,3)4/h10-11H,5-9H2,1-4H3. The molecule has 2 atom stereocenters. The van der Waals surface area contributed by atoms with Crippen LogP contribution in [-0.2, 0) is 4.43 Å². The molecule has 0 aromatic rings. The summed E-state index contributed by atoms with van der Waals surface area (Å²) in [7, 11) is -1.27. The van der Waals surface area contributed by atoms with E-state index < -0.39 is 8.32 Å². The van der Waals surface area contributed by atoms with Crippen LogP contribution in [0.15, 0.2) is 0 Å².